The molecular formula is C17H13Cl2NO. The van der Waals surface area contributed by atoms with Crippen LogP contribution in [-0.2, 0) is 16.6 Å². The fourth-order valence-corrected chi connectivity index (χ4v) is 2.76. The van der Waals surface area contributed by atoms with Gasteiger partial charge in [0.2, 0.25) is 0 Å². The molecule has 4 heteroatoms. The molecule has 0 aliphatic carbocycles. The Morgan fingerprint density at radius 3 is 2.38 bits per heavy atom. The number of benzene rings is 2. The van der Waals surface area contributed by atoms with Crippen molar-refractivity contribution in [3.8, 4) is 6.07 Å². The molecule has 0 spiro atoms. The summed E-state index contributed by atoms with van der Waals surface area (Å²) in [6.45, 7) is 1.43. The van der Waals surface area contributed by atoms with E-state index < -0.39 is 5.41 Å². The maximum absolute atomic E-state index is 12.2. The Bertz CT molecular complexity index is 706. The molecule has 0 aliphatic heterocycles. The Morgan fingerprint density at radius 2 is 1.86 bits per heavy atom. The van der Waals surface area contributed by atoms with Crippen molar-refractivity contribution in [3.63, 3.8) is 0 Å². The normalized spacial score (nSPS) is 13.2. The number of halogens is 2. The topological polar surface area (TPSA) is 40.9 Å². The molecule has 2 aromatic rings. The van der Waals surface area contributed by atoms with Crippen molar-refractivity contribution in [2.45, 2.75) is 18.8 Å². The third kappa shape index (κ3) is 3.10. The molecular weight excluding hydrogens is 305 g/mol. The number of nitrogens with zero attached hydrogens (tertiary/aromatic N) is 1. The molecule has 0 fully saturated rings. The highest BCUT2D eigenvalue weighted by molar-refractivity contribution is 6.35. The van der Waals surface area contributed by atoms with Gasteiger partial charge in [0.25, 0.3) is 0 Å². The van der Waals surface area contributed by atoms with E-state index in [0.29, 0.717) is 15.6 Å². The fraction of sp³-hybridized carbons (Fsp3) is 0.176. The van der Waals surface area contributed by atoms with Gasteiger partial charge in [0.15, 0.2) is 5.78 Å². The summed E-state index contributed by atoms with van der Waals surface area (Å²) in [7, 11) is 0. The summed E-state index contributed by atoms with van der Waals surface area (Å²) < 4.78 is 0. The van der Waals surface area contributed by atoms with Crippen molar-refractivity contribution < 1.29 is 4.79 Å². The van der Waals surface area contributed by atoms with Crippen LogP contribution in [-0.4, -0.2) is 5.78 Å². The van der Waals surface area contributed by atoms with Gasteiger partial charge < -0.3 is 0 Å². The van der Waals surface area contributed by atoms with E-state index in [9.17, 15) is 10.1 Å². The minimum absolute atomic E-state index is 0.206. The predicted molar refractivity (Wildman–Crippen MR) is 84.6 cm³/mol. The van der Waals surface area contributed by atoms with Gasteiger partial charge >= 0.3 is 0 Å². The Morgan fingerprint density at radius 1 is 1.19 bits per heavy atom. The van der Waals surface area contributed by atoms with E-state index in [0.717, 1.165) is 5.56 Å². The maximum atomic E-state index is 12.2. The zero-order valence-electron chi connectivity index (χ0n) is 11.4. The summed E-state index contributed by atoms with van der Waals surface area (Å²) in [6.07, 6.45) is 0.221. The quantitative estimate of drug-likeness (QED) is 0.827. The third-order valence-corrected chi connectivity index (χ3v) is 4.12. The van der Waals surface area contributed by atoms with Crippen LogP contribution < -0.4 is 0 Å². The Hall–Kier alpha value is -1.82. The van der Waals surface area contributed by atoms with Gasteiger partial charge in [-0.05, 0) is 30.2 Å². The molecule has 0 heterocycles. The monoisotopic (exact) mass is 317 g/mol. The molecule has 0 aliphatic rings. The van der Waals surface area contributed by atoms with E-state index in [4.69, 9.17) is 23.2 Å². The first-order valence-corrected chi connectivity index (χ1v) is 7.17. The summed E-state index contributed by atoms with van der Waals surface area (Å²) in [5, 5.41) is 10.6. The molecule has 1 atom stereocenters. The number of carbonyl (C=O) groups excluding carboxylic acids is 1. The van der Waals surface area contributed by atoms with Crippen LogP contribution in [0.15, 0.2) is 48.5 Å². The van der Waals surface area contributed by atoms with Gasteiger partial charge in [0, 0.05) is 16.5 Å². The average molecular weight is 318 g/mol. The van der Waals surface area contributed by atoms with Crippen molar-refractivity contribution in [1.82, 2.24) is 0 Å². The second-order valence-corrected chi connectivity index (χ2v) is 5.70. The molecule has 106 valence electrons. The van der Waals surface area contributed by atoms with Gasteiger partial charge in [-0.15, -0.1) is 0 Å². The minimum Gasteiger partial charge on any atom is -0.298 e. The predicted octanol–water partition coefficient (Wildman–Crippen LogP) is 4.59. The van der Waals surface area contributed by atoms with Crippen molar-refractivity contribution >= 4 is 29.0 Å². The molecule has 0 radical (unpaired) electrons. The molecule has 2 aromatic carbocycles. The zero-order chi connectivity index (χ0) is 15.5. The van der Waals surface area contributed by atoms with Gasteiger partial charge in [-0.3, -0.25) is 4.79 Å². The fourth-order valence-electron chi connectivity index (χ4n) is 2.29. The standard InChI is InChI=1S/C17H13Cl2NO/c1-12(21)17(11-20,14-5-3-2-4-6-14)10-13-7-8-15(18)9-16(13)19/h2-9H,10H2,1H3. The second kappa shape index (κ2) is 6.30. The SMILES string of the molecule is CC(=O)C(C#N)(Cc1ccc(Cl)cc1Cl)c1ccccc1. The van der Waals surface area contributed by atoms with Crippen LogP contribution in [0.3, 0.4) is 0 Å². The molecule has 0 bridgehead atoms. The van der Waals surface area contributed by atoms with E-state index in [-0.39, 0.29) is 12.2 Å². The molecule has 2 nitrogen and oxygen atoms in total. The van der Waals surface area contributed by atoms with Crippen molar-refractivity contribution in [1.29, 1.82) is 5.26 Å². The highest BCUT2D eigenvalue weighted by Gasteiger charge is 2.38. The lowest BCUT2D eigenvalue weighted by Gasteiger charge is -2.25. The first kappa shape index (κ1) is 15.6. The Kier molecular flexibility index (Phi) is 4.67. The van der Waals surface area contributed by atoms with Crippen molar-refractivity contribution in [3.05, 3.63) is 69.7 Å². The lowest BCUT2D eigenvalue weighted by molar-refractivity contribution is -0.120. The Balaban J connectivity index is 2.52. The van der Waals surface area contributed by atoms with Gasteiger partial charge in [0.05, 0.1) is 6.07 Å². The van der Waals surface area contributed by atoms with E-state index in [1.165, 1.54) is 6.92 Å². The highest BCUT2D eigenvalue weighted by Crippen LogP contribution is 2.32. The molecule has 21 heavy (non-hydrogen) atoms. The van der Waals surface area contributed by atoms with Crippen LogP contribution in [0.1, 0.15) is 18.1 Å². The van der Waals surface area contributed by atoms with Crippen molar-refractivity contribution in [2.24, 2.45) is 0 Å². The average Bonchev–Trinajstić information content (AvgIpc) is 2.47. The first-order chi connectivity index (χ1) is 9.99. The van der Waals surface area contributed by atoms with Gasteiger partial charge in [-0.25, -0.2) is 0 Å². The molecule has 0 amide bonds. The highest BCUT2D eigenvalue weighted by atomic mass is 35.5. The summed E-state index contributed by atoms with van der Waals surface area (Å²) in [6, 6.07) is 16.3. The van der Waals surface area contributed by atoms with Crippen LogP contribution in [0.2, 0.25) is 10.0 Å². The van der Waals surface area contributed by atoms with Crippen LogP contribution in [0.5, 0.6) is 0 Å². The van der Waals surface area contributed by atoms with Crippen molar-refractivity contribution in [2.75, 3.05) is 0 Å². The molecule has 0 saturated carbocycles. The number of ketones is 1. The van der Waals surface area contributed by atoms with E-state index >= 15 is 0 Å². The van der Waals surface area contributed by atoms with Crippen LogP contribution in [0.4, 0.5) is 0 Å². The number of nitriles is 1. The number of carbonyl (C=O) groups is 1. The van der Waals surface area contributed by atoms with Crippen LogP contribution in [0.25, 0.3) is 0 Å². The van der Waals surface area contributed by atoms with E-state index in [1.807, 2.05) is 18.2 Å². The second-order valence-electron chi connectivity index (χ2n) is 4.85. The summed E-state index contributed by atoms with van der Waals surface area (Å²) in [5.41, 5.74) is 0.159. The third-order valence-electron chi connectivity index (χ3n) is 3.53. The number of hydrogen-bond donors (Lipinski definition) is 0. The number of Topliss-reactive ketones (excluding diaryl/α,β-unsaturated/α-hetero) is 1. The Labute approximate surface area is 133 Å². The van der Waals surface area contributed by atoms with Gasteiger partial charge in [-0.1, -0.05) is 59.6 Å². The lowest BCUT2D eigenvalue weighted by atomic mass is 9.74. The smallest absolute Gasteiger partial charge is 0.154 e. The van der Waals surface area contributed by atoms with Gasteiger partial charge in [0.1, 0.15) is 5.41 Å². The minimum atomic E-state index is -1.24. The summed E-state index contributed by atoms with van der Waals surface area (Å²) in [5.74, 6) is -0.206. The summed E-state index contributed by atoms with van der Waals surface area (Å²) in [4.78, 5) is 12.2. The molecule has 0 aromatic heterocycles. The number of hydrogen-bond acceptors (Lipinski definition) is 2. The van der Waals surface area contributed by atoms with Gasteiger partial charge in [-0.2, -0.15) is 5.26 Å². The lowest BCUT2D eigenvalue weighted by Crippen LogP contribution is -2.35. The van der Waals surface area contributed by atoms with E-state index in [1.54, 1.807) is 30.3 Å². The zero-order valence-corrected chi connectivity index (χ0v) is 12.9. The van der Waals surface area contributed by atoms with Crippen LogP contribution >= 0.6 is 23.2 Å². The largest absolute Gasteiger partial charge is 0.298 e. The van der Waals surface area contributed by atoms with E-state index in [2.05, 4.69) is 6.07 Å². The number of rotatable bonds is 4. The molecule has 0 N–H and O–H groups in total. The molecule has 0 saturated heterocycles. The summed E-state index contributed by atoms with van der Waals surface area (Å²) >= 11 is 12.1. The maximum Gasteiger partial charge on any atom is 0.154 e. The van der Waals surface area contributed by atoms with Crippen LogP contribution in [0, 0.1) is 11.3 Å². The molecule has 1 unspecified atom stereocenters. The molecule has 2 rings (SSSR count). The first-order valence-electron chi connectivity index (χ1n) is 6.41.